The quantitative estimate of drug-likeness (QED) is 0.405. The third-order valence-electron chi connectivity index (χ3n) is 3.50. The zero-order valence-corrected chi connectivity index (χ0v) is 13.4. The molecule has 120 valence electrons. The van der Waals surface area contributed by atoms with Crippen molar-refractivity contribution in [2.45, 2.75) is 77.7 Å². The van der Waals surface area contributed by atoms with Crippen molar-refractivity contribution in [3.8, 4) is 0 Å². The number of rotatable bonds is 15. The Labute approximate surface area is 124 Å². The molecule has 0 aromatic heterocycles. The molecule has 0 fully saturated rings. The smallest absolute Gasteiger partial charge is 0.317 e. The molecule has 0 aliphatic heterocycles. The van der Waals surface area contributed by atoms with E-state index in [9.17, 15) is 4.79 Å². The lowest BCUT2D eigenvalue weighted by molar-refractivity contribution is -0.135. The maximum Gasteiger partial charge on any atom is 0.317 e. The maximum absolute atomic E-state index is 10.3. The SMILES string of the molecule is CCCCCCCCCCCNC(C)CNCC(=O)O. The zero-order chi connectivity index (χ0) is 15.1. The van der Waals surface area contributed by atoms with E-state index in [1.807, 2.05) is 0 Å². The Morgan fingerprint density at radius 1 is 1.00 bits per heavy atom. The first-order valence-electron chi connectivity index (χ1n) is 8.32. The van der Waals surface area contributed by atoms with Crippen LogP contribution in [0.3, 0.4) is 0 Å². The monoisotopic (exact) mass is 286 g/mol. The third-order valence-corrected chi connectivity index (χ3v) is 3.50. The highest BCUT2D eigenvalue weighted by molar-refractivity contribution is 5.68. The van der Waals surface area contributed by atoms with Crippen molar-refractivity contribution >= 4 is 5.97 Å². The highest BCUT2D eigenvalue weighted by Gasteiger charge is 2.01. The van der Waals surface area contributed by atoms with Gasteiger partial charge in [-0.2, -0.15) is 0 Å². The molecule has 0 aliphatic rings. The summed E-state index contributed by atoms with van der Waals surface area (Å²) < 4.78 is 0. The van der Waals surface area contributed by atoms with Crippen LogP contribution in [0.5, 0.6) is 0 Å². The fourth-order valence-electron chi connectivity index (χ4n) is 2.25. The van der Waals surface area contributed by atoms with Gasteiger partial charge in [-0.25, -0.2) is 0 Å². The number of aliphatic carboxylic acids is 1. The second kappa shape index (κ2) is 14.8. The fraction of sp³-hybridized carbons (Fsp3) is 0.938. The van der Waals surface area contributed by atoms with Gasteiger partial charge >= 0.3 is 5.97 Å². The lowest BCUT2D eigenvalue weighted by Crippen LogP contribution is -2.38. The molecule has 3 N–H and O–H groups in total. The van der Waals surface area contributed by atoms with E-state index in [0.717, 1.165) is 6.54 Å². The average Bonchev–Trinajstić information content (AvgIpc) is 2.40. The molecule has 4 heteroatoms. The highest BCUT2D eigenvalue weighted by Crippen LogP contribution is 2.09. The molecule has 0 aliphatic carbocycles. The molecule has 0 aromatic rings. The number of hydrogen-bond acceptors (Lipinski definition) is 3. The predicted molar refractivity (Wildman–Crippen MR) is 85.2 cm³/mol. The molecule has 1 unspecified atom stereocenters. The van der Waals surface area contributed by atoms with E-state index in [4.69, 9.17) is 5.11 Å². The van der Waals surface area contributed by atoms with Crippen LogP contribution in [-0.4, -0.2) is 36.8 Å². The second-order valence-corrected chi connectivity index (χ2v) is 5.71. The van der Waals surface area contributed by atoms with Crippen LogP contribution in [0.2, 0.25) is 0 Å². The largest absolute Gasteiger partial charge is 0.480 e. The van der Waals surface area contributed by atoms with E-state index in [0.29, 0.717) is 12.6 Å². The predicted octanol–water partition coefficient (Wildman–Crippen LogP) is 3.17. The number of carboxylic acid groups (broad SMARTS) is 1. The maximum atomic E-state index is 10.3. The summed E-state index contributed by atoms with van der Waals surface area (Å²) in [5.74, 6) is -0.795. The summed E-state index contributed by atoms with van der Waals surface area (Å²) in [7, 11) is 0. The van der Waals surface area contributed by atoms with E-state index in [-0.39, 0.29) is 6.54 Å². The first kappa shape index (κ1) is 19.4. The minimum Gasteiger partial charge on any atom is -0.480 e. The summed E-state index contributed by atoms with van der Waals surface area (Å²) in [5, 5.41) is 14.8. The number of unbranched alkanes of at least 4 members (excludes halogenated alkanes) is 8. The van der Waals surface area contributed by atoms with E-state index < -0.39 is 5.97 Å². The van der Waals surface area contributed by atoms with Crippen LogP contribution in [0.1, 0.15) is 71.6 Å². The molecule has 20 heavy (non-hydrogen) atoms. The number of nitrogens with one attached hydrogen (secondary N) is 2. The van der Waals surface area contributed by atoms with Gasteiger partial charge in [-0.15, -0.1) is 0 Å². The summed E-state index contributed by atoms with van der Waals surface area (Å²) in [6.07, 6.45) is 12.1. The van der Waals surface area contributed by atoms with Crippen LogP contribution in [0, 0.1) is 0 Å². The first-order chi connectivity index (χ1) is 9.66. The van der Waals surface area contributed by atoms with Gasteiger partial charge in [0.2, 0.25) is 0 Å². The van der Waals surface area contributed by atoms with Crippen LogP contribution >= 0.6 is 0 Å². The lowest BCUT2D eigenvalue weighted by atomic mass is 10.1. The van der Waals surface area contributed by atoms with Crippen molar-refractivity contribution in [1.82, 2.24) is 10.6 Å². The molecule has 0 heterocycles. The van der Waals surface area contributed by atoms with Crippen molar-refractivity contribution in [2.75, 3.05) is 19.6 Å². The second-order valence-electron chi connectivity index (χ2n) is 5.71. The van der Waals surface area contributed by atoms with Gasteiger partial charge in [-0.05, 0) is 19.9 Å². The van der Waals surface area contributed by atoms with E-state index in [2.05, 4.69) is 24.5 Å². The van der Waals surface area contributed by atoms with Gasteiger partial charge in [0, 0.05) is 12.6 Å². The summed E-state index contributed by atoms with van der Waals surface area (Å²) in [6.45, 7) is 6.13. The zero-order valence-electron chi connectivity index (χ0n) is 13.4. The fourth-order valence-corrected chi connectivity index (χ4v) is 2.25. The van der Waals surface area contributed by atoms with Gasteiger partial charge in [0.1, 0.15) is 0 Å². The third kappa shape index (κ3) is 15.4. The molecule has 0 saturated carbocycles. The molecule has 0 spiro atoms. The van der Waals surface area contributed by atoms with Crippen LogP contribution < -0.4 is 10.6 Å². The summed E-state index contributed by atoms with van der Waals surface area (Å²) in [4.78, 5) is 10.3. The molecule has 0 saturated heterocycles. The van der Waals surface area contributed by atoms with E-state index in [1.54, 1.807) is 0 Å². The molecule has 4 nitrogen and oxygen atoms in total. The summed E-state index contributed by atoms with van der Waals surface area (Å²) in [6, 6.07) is 0.336. The van der Waals surface area contributed by atoms with Gasteiger partial charge in [0.25, 0.3) is 0 Å². The normalized spacial score (nSPS) is 12.5. The van der Waals surface area contributed by atoms with Crippen LogP contribution in [0.15, 0.2) is 0 Å². The minimum absolute atomic E-state index is 0.0457. The molecule has 0 aromatic carbocycles. The Morgan fingerprint density at radius 2 is 1.55 bits per heavy atom. The Morgan fingerprint density at radius 3 is 2.10 bits per heavy atom. The van der Waals surface area contributed by atoms with E-state index in [1.165, 1.54) is 57.8 Å². The van der Waals surface area contributed by atoms with Crippen molar-refractivity contribution in [3.63, 3.8) is 0 Å². The minimum atomic E-state index is -0.795. The van der Waals surface area contributed by atoms with Crippen molar-refractivity contribution in [2.24, 2.45) is 0 Å². The Bertz CT molecular complexity index is 223. The van der Waals surface area contributed by atoms with Crippen LogP contribution in [-0.2, 0) is 4.79 Å². The molecular weight excluding hydrogens is 252 g/mol. The average molecular weight is 286 g/mol. The number of hydrogen-bond donors (Lipinski definition) is 3. The number of carbonyl (C=O) groups is 1. The van der Waals surface area contributed by atoms with E-state index >= 15 is 0 Å². The molecule has 1 atom stereocenters. The molecule has 0 amide bonds. The van der Waals surface area contributed by atoms with Gasteiger partial charge in [-0.3, -0.25) is 4.79 Å². The highest BCUT2D eigenvalue weighted by atomic mass is 16.4. The van der Waals surface area contributed by atoms with Gasteiger partial charge < -0.3 is 15.7 Å². The molecule has 0 rings (SSSR count). The Hall–Kier alpha value is -0.610. The van der Waals surface area contributed by atoms with Crippen molar-refractivity contribution in [3.05, 3.63) is 0 Å². The summed E-state index contributed by atoms with van der Waals surface area (Å²) in [5.41, 5.74) is 0. The Kier molecular flexibility index (Phi) is 14.3. The number of carboxylic acids is 1. The summed E-state index contributed by atoms with van der Waals surface area (Å²) >= 11 is 0. The first-order valence-corrected chi connectivity index (χ1v) is 8.32. The van der Waals surface area contributed by atoms with Crippen molar-refractivity contribution < 1.29 is 9.90 Å². The van der Waals surface area contributed by atoms with Crippen molar-refractivity contribution in [1.29, 1.82) is 0 Å². The standard InChI is InChI=1S/C16H34N2O2/c1-3-4-5-6-7-8-9-10-11-12-18-15(2)13-17-14-16(19)20/h15,17-18H,3-14H2,1-2H3,(H,19,20). The molecular formula is C16H34N2O2. The lowest BCUT2D eigenvalue weighted by Gasteiger charge is -2.13. The van der Waals surface area contributed by atoms with Crippen LogP contribution in [0.4, 0.5) is 0 Å². The molecule has 0 bridgehead atoms. The van der Waals surface area contributed by atoms with Gasteiger partial charge in [0.15, 0.2) is 0 Å². The van der Waals surface area contributed by atoms with Gasteiger partial charge in [-0.1, -0.05) is 58.3 Å². The van der Waals surface area contributed by atoms with Crippen LogP contribution in [0.25, 0.3) is 0 Å². The van der Waals surface area contributed by atoms with Gasteiger partial charge in [0.05, 0.1) is 6.54 Å². The molecule has 0 radical (unpaired) electrons. The topological polar surface area (TPSA) is 61.4 Å². The Balaban J connectivity index is 3.13.